The van der Waals surface area contributed by atoms with Gasteiger partial charge < -0.3 is 5.11 Å². The molecule has 31 heavy (non-hydrogen) atoms. The van der Waals surface area contributed by atoms with Crippen molar-refractivity contribution in [1.29, 1.82) is 0 Å². The highest BCUT2D eigenvalue weighted by molar-refractivity contribution is 9.10. The van der Waals surface area contributed by atoms with Crippen LogP contribution in [0.3, 0.4) is 0 Å². The second kappa shape index (κ2) is 10.5. The van der Waals surface area contributed by atoms with Gasteiger partial charge in [0.05, 0.1) is 22.0 Å². The Morgan fingerprint density at radius 1 is 0.968 bits per heavy atom. The van der Waals surface area contributed by atoms with E-state index in [0.717, 1.165) is 20.7 Å². The minimum atomic E-state index is -1.02. The van der Waals surface area contributed by atoms with Crippen LogP contribution in [0.4, 0.5) is 0 Å². The van der Waals surface area contributed by atoms with Crippen LogP contribution in [-0.2, 0) is 5.60 Å². The first kappa shape index (κ1) is 24.3. The van der Waals surface area contributed by atoms with E-state index in [9.17, 15) is 5.11 Å². The molecular weight excluding hydrogens is 556 g/mol. The van der Waals surface area contributed by atoms with Crippen molar-refractivity contribution in [2.45, 2.75) is 24.3 Å². The predicted octanol–water partition coefficient (Wildman–Crippen LogP) is 7.99. The first-order valence-corrected chi connectivity index (χ1v) is 14.0. The number of nitrogens with zero attached hydrogens (tertiary/aromatic N) is 2. The second-order valence-electron chi connectivity index (χ2n) is 7.23. The van der Waals surface area contributed by atoms with Crippen LogP contribution in [0.2, 0.25) is 0 Å². The van der Waals surface area contributed by atoms with E-state index in [0.29, 0.717) is 5.69 Å². The van der Waals surface area contributed by atoms with E-state index in [4.69, 9.17) is 5.10 Å². The largest absolute Gasteiger partial charge is 0.384 e. The minimum absolute atomic E-state index is 0.641. The van der Waals surface area contributed by atoms with Crippen molar-refractivity contribution in [3.8, 4) is 26.7 Å². The number of thioether (sulfide) groups is 1. The Kier molecular flexibility index (Phi) is 8.21. The Morgan fingerprint density at radius 2 is 1.68 bits per heavy atom. The van der Waals surface area contributed by atoms with E-state index in [2.05, 4.69) is 74.5 Å². The minimum Gasteiger partial charge on any atom is -0.384 e. The molecule has 1 N–H and O–H groups in total. The summed E-state index contributed by atoms with van der Waals surface area (Å²) in [5.41, 5.74) is 2.74. The molecular formula is C24H24Br2N2OS2. The quantitative estimate of drug-likeness (QED) is 0.192. The molecule has 0 aliphatic carbocycles. The number of para-hydroxylation sites is 1. The highest BCUT2D eigenvalue weighted by Gasteiger charge is 2.24. The smallest absolute Gasteiger partial charge is 0.103 e. The van der Waals surface area contributed by atoms with Gasteiger partial charge in [-0.1, -0.05) is 40.2 Å². The lowest BCUT2D eigenvalue weighted by atomic mass is 10.1. The number of hydrogen-bond acceptors (Lipinski definition) is 4. The molecule has 4 aromatic rings. The molecule has 0 amide bonds. The molecule has 0 bridgehead atoms. The average molecular weight is 580 g/mol. The summed E-state index contributed by atoms with van der Waals surface area (Å²) in [5, 5.41) is 15.3. The number of halogens is 2. The number of thiophene rings is 1. The molecule has 7 heteroatoms. The standard InChI is InChI=1S/C23H21BrN2OS2.CH3Br/c1-23(2,27)22-14-19(26(25-22)18-10-5-4-9-17(18)24)21-12-11-20(29-21)15-7-6-8-16(13-15)28-3;1-2/h4-14,27H,1-3H3;1H3. The summed E-state index contributed by atoms with van der Waals surface area (Å²) in [5.74, 6) is 1.81. The van der Waals surface area contributed by atoms with Crippen LogP contribution in [0.25, 0.3) is 26.7 Å². The fourth-order valence-corrected chi connectivity index (χ4v) is 4.99. The van der Waals surface area contributed by atoms with Gasteiger partial charge in [-0.05, 0) is 89.9 Å². The van der Waals surface area contributed by atoms with E-state index in [1.807, 2.05) is 40.8 Å². The van der Waals surface area contributed by atoms with Crippen molar-refractivity contribution in [3.05, 3.63) is 76.9 Å². The maximum atomic E-state index is 10.5. The maximum absolute atomic E-state index is 10.5. The predicted molar refractivity (Wildman–Crippen MR) is 142 cm³/mol. The zero-order valence-corrected chi connectivity index (χ0v) is 22.6. The van der Waals surface area contributed by atoms with Gasteiger partial charge in [0.2, 0.25) is 0 Å². The molecule has 0 saturated carbocycles. The summed E-state index contributed by atoms with van der Waals surface area (Å²) in [4.78, 5) is 3.56. The van der Waals surface area contributed by atoms with Crippen LogP contribution >= 0.6 is 55.0 Å². The van der Waals surface area contributed by atoms with E-state index >= 15 is 0 Å². The van der Waals surface area contributed by atoms with Crippen molar-refractivity contribution in [2.24, 2.45) is 0 Å². The van der Waals surface area contributed by atoms with Crippen LogP contribution in [-0.4, -0.2) is 27.0 Å². The number of benzene rings is 2. The monoisotopic (exact) mass is 578 g/mol. The molecule has 2 aromatic carbocycles. The lowest BCUT2D eigenvalue weighted by molar-refractivity contribution is 0.0734. The molecule has 0 saturated heterocycles. The van der Waals surface area contributed by atoms with Gasteiger partial charge in [0.1, 0.15) is 5.60 Å². The third-order valence-electron chi connectivity index (χ3n) is 4.63. The summed E-state index contributed by atoms with van der Waals surface area (Å²) in [7, 11) is 0. The lowest BCUT2D eigenvalue weighted by Gasteiger charge is -2.13. The molecule has 0 unspecified atom stereocenters. The van der Waals surface area contributed by atoms with Crippen molar-refractivity contribution < 1.29 is 5.11 Å². The molecule has 0 radical (unpaired) electrons. The Balaban J connectivity index is 0.00000132. The molecule has 0 aliphatic heterocycles. The molecule has 0 aliphatic rings. The molecule has 3 nitrogen and oxygen atoms in total. The molecule has 0 spiro atoms. The number of alkyl halides is 1. The molecule has 162 valence electrons. The summed E-state index contributed by atoms with van der Waals surface area (Å²) in [6.07, 6.45) is 2.09. The van der Waals surface area contributed by atoms with Gasteiger partial charge in [-0.3, -0.25) is 0 Å². The van der Waals surface area contributed by atoms with E-state index in [-0.39, 0.29) is 0 Å². The van der Waals surface area contributed by atoms with Crippen molar-refractivity contribution in [3.63, 3.8) is 0 Å². The normalized spacial score (nSPS) is 11.2. The fourth-order valence-electron chi connectivity index (χ4n) is 3.07. The Hall–Kier alpha value is -1.38. The van der Waals surface area contributed by atoms with E-state index in [1.54, 1.807) is 36.9 Å². The Labute approximate surface area is 208 Å². The van der Waals surface area contributed by atoms with E-state index < -0.39 is 5.60 Å². The van der Waals surface area contributed by atoms with Gasteiger partial charge in [0.25, 0.3) is 0 Å². The molecule has 4 rings (SSSR count). The van der Waals surface area contributed by atoms with Crippen LogP contribution < -0.4 is 0 Å². The van der Waals surface area contributed by atoms with Crippen LogP contribution in [0.15, 0.2) is 76.1 Å². The lowest BCUT2D eigenvalue weighted by Crippen LogP contribution is -2.16. The highest BCUT2D eigenvalue weighted by Crippen LogP contribution is 2.38. The summed E-state index contributed by atoms with van der Waals surface area (Å²) >= 11 is 10.0. The molecule has 0 atom stereocenters. The van der Waals surface area contributed by atoms with Gasteiger partial charge in [-0.2, -0.15) is 5.10 Å². The number of hydrogen-bond donors (Lipinski definition) is 1. The van der Waals surface area contributed by atoms with Crippen LogP contribution in [0.5, 0.6) is 0 Å². The Bertz CT molecular complexity index is 1160. The van der Waals surface area contributed by atoms with Crippen molar-refractivity contribution in [2.75, 3.05) is 12.1 Å². The number of aliphatic hydroxyl groups is 1. The third-order valence-corrected chi connectivity index (χ3v) is 7.18. The first-order chi connectivity index (χ1) is 14.9. The zero-order chi connectivity index (χ0) is 22.6. The fraction of sp³-hybridized carbons (Fsp3) is 0.208. The number of rotatable bonds is 5. The molecule has 2 aromatic heterocycles. The van der Waals surface area contributed by atoms with Crippen molar-refractivity contribution in [1.82, 2.24) is 9.78 Å². The summed E-state index contributed by atoms with van der Waals surface area (Å²) < 4.78 is 2.86. The molecule has 2 heterocycles. The zero-order valence-electron chi connectivity index (χ0n) is 17.8. The maximum Gasteiger partial charge on any atom is 0.103 e. The molecule has 0 fully saturated rings. The van der Waals surface area contributed by atoms with Gasteiger partial charge in [0, 0.05) is 14.2 Å². The topological polar surface area (TPSA) is 38.1 Å². The Morgan fingerprint density at radius 3 is 2.35 bits per heavy atom. The van der Waals surface area contributed by atoms with Crippen LogP contribution in [0, 0.1) is 0 Å². The van der Waals surface area contributed by atoms with Crippen molar-refractivity contribution >= 4 is 55.0 Å². The van der Waals surface area contributed by atoms with Crippen LogP contribution in [0.1, 0.15) is 19.5 Å². The van der Waals surface area contributed by atoms with Gasteiger partial charge in [-0.15, -0.1) is 23.1 Å². The average Bonchev–Trinajstić information content (AvgIpc) is 3.43. The van der Waals surface area contributed by atoms with Gasteiger partial charge in [0.15, 0.2) is 0 Å². The number of aromatic nitrogens is 2. The third kappa shape index (κ3) is 5.52. The van der Waals surface area contributed by atoms with Gasteiger partial charge >= 0.3 is 0 Å². The SMILES string of the molecule is CBr.CSc1cccc(-c2ccc(-c3cc(C(C)(C)O)nn3-c3ccccc3Br)s2)c1. The van der Waals surface area contributed by atoms with E-state index in [1.165, 1.54) is 15.3 Å². The highest BCUT2D eigenvalue weighted by atomic mass is 79.9. The summed E-state index contributed by atoms with van der Waals surface area (Å²) in [6, 6.07) is 22.8. The second-order valence-corrected chi connectivity index (χ2v) is 10.1. The first-order valence-electron chi connectivity index (χ1n) is 9.57. The van der Waals surface area contributed by atoms with Gasteiger partial charge in [-0.25, -0.2) is 4.68 Å². The summed E-state index contributed by atoms with van der Waals surface area (Å²) in [6.45, 7) is 3.52.